The zero-order chi connectivity index (χ0) is 19.3. The normalized spacial score (nSPS) is 23.8. The quantitative estimate of drug-likeness (QED) is 0.683. The lowest BCUT2D eigenvalue weighted by atomic mass is 10.1. The average molecular weight is 379 g/mol. The van der Waals surface area contributed by atoms with Crippen LogP contribution in [0, 0.1) is 24.1 Å². The molecule has 2 aromatic heterocycles. The van der Waals surface area contributed by atoms with Crippen LogP contribution in [0.4, 0.5) is 10.3 Å². The number of aromatic nitrogens is 3. The van der Waals surface area contributed by atoms with Gasteiger partial charge in [-0.3, -0.25) is 0 Å². The summed E-state index contributed by atoms with van der Waals surface area (Å²) in [4.78, 5) is 10.7. The predicted molar refractivity (Wildman–Crippen MR) is 96.3 cm³/mol. The molecule has 7 nitrogen and oxygen atoms in total. The number of hydrogen-bond donors (Lipinski definition) is 0. The molecule has 1 aliphatic carbocycles. The lowest BCUT2D eigenvalue weighted by Crippen LogP contribution is -2.19. The molecular formula is C20H18FN5O2. The molecule has 1 aromatic carbocycles. The Bertz CT molecular complexity index is 1070. The third-order valence-corrected chi connectivity index (χ3v) is 5.48. The largest absolute Gasteiger partial charge is 0.423 e. The van der Waals surface area contributed by atoms with Gasteiger partial charge in [0.2, 0.25) is 23.4 Å². The van der Waals surface area contributed by atoms with Crippen molar-refractivity contribution in [2.45, 2.75) is 37.5 Å². The van der Waals surface area contributed by atoms with Crippen molar-refractivity contribution < 1.29 is 13.3 Å². The Morgan fingerprint density at radius 2 is 2.14 bits per heavy atom. The molecular weight excluding hydrogens is 361 g/mol. The van der Waals surface area contributed by atoms with E-state index in [-0.39, 0.29) is 23.6 Å². The zero-order valence-corrected chi connectivity index (χ0v) is 15.3. The van der Waals surface area contributed by atoms with Crippen LogP contribution >= 0.6 is 0 Å². The Morgan fingerprint density at radius 3 is 2.89 bits per heavy atom. The highest BCUT2D eigenvalue weighted by Crippen LogP contribution is 2.55. The zero-order valence-electron chi connectivity index (χ0n) is 15.3. The Balaban J connectivity index is 1.35. The first kappa shape index (κ1) is 16.9. The minimum Gasteiger partial charge on any atom is -0.423 e. The summed E-state index contributed by atoms with van der Waals surface area (Å²) in [5, 5.41) is 13.4. The number of nitriles is 1. The Hall–Kier alpha value is -3.21. The van der Waals surface area contributed by atoms with Crippen LogP contribution in [0.15, 0.2) is 33.2 Å². The predicted octanol–water partition coefficient (Wildman–Crippen LogP) is 3.64. The minimum atomic E-state index is -0.242. The number of oxazole rings is 1. The molecule has 2 aliphatic rings. The molecule has 2 fully saturated rings. The number of rotatable bonds is 4. The highest BCUT2D eigenvalue weighted by Gasteiger charge is 2.44. The second-order valence-electron chi connectivity index (χ2n) is 7.43. The topological polar surface area (TPSA) is 92.0 Å². The number of hydrogen-bond acceptors (Lipinski definition) is 7. The second-order valence-corrected chi connectivity index (χ2v) is 7.43. The maximum Gasteiger partial charge on any atom is 0.234 e. The van der Waals surface area contributed by atoms with Gasteiger partial charge in [0.25, 0.3) is 0 Å². The SMILES string of the molecule is Cc1noc(C2CCN(c3oc(C4CC4c4cccc(F)c4)nc3C#N)C2)n1. The number of anilines is 1. The fraction of sp³-hybridized carbons (Fsp3) is 0.400. The summed E-state index contributed by atoms with van der Waals surface area (Å²) in [5.41, 5.74) is 1.23. The fourth-order valence-electron chi connectivity index (χ4n) is 3.97. The summed E-state index contributed by atoms with van der Waals surface area (Å²) in [7, 11) is 0. The fourth-order valence-corrected chi connectivity index (χ4v) is 3.97. The molecule has 0 radical (unpaired) electrons. The van der Waals surface area contributed by atoms with Gasteiger partial charge < -0.3 is 13.8 Å². The Kier molecular flexibility index (Phi) is 3.90. The molecule has 3 aromatic rings. The van der Waals surface area contributed by atoms with Crippen LogP contribution in [0.5, 0.6) is 0 Å². The molecule has 1 saturated carbocycles. The van der Waals surface area contributed by atoms with Gasteiger partial charge in [-0.1, -0.05) is 17.3 Å². The molecule has 3 heterocycles. The maximum absolute atomic E-state index is 13.5. The van der Waals surface area contributed by atoms with Crippen molar-refractivity contribution >= 4 is 5.88 Å². The van der Waals surface area contributed by atoms with E-state index in [4.69, 9.17) is 8.94 Å². The molecule has 1 saturated heterocycles. The van der Waals surface area contributed by atoms with Crippen LogP contribution in [0.25, 0.3) is 0 Å². The molecule has 3 unspecified atom stereocenters. The molecule has 0 spiro atoms. The van der Waals surface area contributed by atoms with Crippen LogP contribution < -0.4 is 4.90 Å². The molecule has 0 amide bonds. The van der Waals surface area contributed by atoms with Crippen LogP contribution in [-0.4, -0.2) is 28.2 Å². The Morgan fingerprint density at radius 1 is 1.25 bits per heavy atom. The first-order valence-corrected chi connectivity index (χ1v) is 9.34. The standard InChI is InChI=1S/C20H18FN5O2/c1-11-23-18(28-25-11)13-5-6-26(10-13)20-17(9-22)24-19(27-20)16-8-15(16)12-3-2-4-14(21)7-12/h2-4,7,13,15-16H,5-6,8,10H2,1H3. The lowest BCUT2D eigenvalue weighted by molar-refractivity contribution is 0.356. The van der Waals surface area contributed by atoms with Gasteiger partial charge in [0.05, 0.1) is 5.92 Å². The second kappa shape index (κ2) is 6.44. The van der Waals surface area contributed by atoms with Gasteiger partial charge in [0.1, 0.15) is 11.9 Å². The lowest BCUT2D eigenvalue weighted by Gasteiger charge is -2.13. The number of aryl methyl sites for hydroxylation is 1. The highest BCUT2D eigenvalue weighted by atomic mass is 19.1. The smallest absolute Gasteiger partial charge is 0.234 e. The van der Waals surface area contributed by atoms with E-state index in [9.17, 15) is 9.65 Å². The number of benzene rings is 1. The molecule has 142 valence electrons. The number of nitrogens with zero attached hydrogens (tertiary/aromatic N) is 5. The minimum absolute atomic E-state index is 0.0830. The van der Waals surface area contributed by atoms with Crippen LogP contribution in [0.2, 0.25) is 0 Å². The molecule has 3 atom stereocenters. The summed E-state index contributed by atoms with van der Waals surface area (Å²) < 4.78 is 24.8. The van der Waals surface area contributed by atoms with Gasteiger partial charge in [-0.15, -0.1) is 0 Å². The first-order valence-electron chi connectivity index (χ1n) is 9.34. The summed E-state index contributed by atoms with van der Waals surface area (Å²) in [6.07, 6.45) is 1.69. The highest BCUT2D eigenvalue weighted by molar-refractivity contribution is 5.50. The molecule has 28 heavy (non-hydrogen) atoms. The van der Waals surface area contributed by atoms with E-state index in [1.165, 1.54) is 6.07 Å². The molecule has 8 heteroatoms. The van der Waals surface area contributed by atoms with E-state index in [0.717, 1.165) is 24.9 Å². The van der Waals surface area contributed by atoms with E-state index in [2.05, 4.69) is 21.2 Å². The molecule has 0 bridgehead atoms. The Labute approximate surface area is 160 Å². The average Bonchev–Trinajstić information content (AvgIpc) is 3.03. The van der Waals surface area contributed by atoms with E-state index < -0.39 is 0 Å². The van der Waals surface area contributed by atoms with Gasteiger partial charge in [0, 0.05) is 19.0 Å². The summed E-state index contributed by atoms with van der Waals surface area (Å²) >= 11 is 0. The monoisotopic (exact) mass is 379 g/mol. The van der Waals surface area contributed by atoms with E-state index >= 15 is 0 Å². The molecule has 0 N–H and O–H groups in total. The van der Waals surface area contributed by atoms with Gasteiger partial charge in [0.15, 0.2) is 5.82 Å². The van der Waals surface area contributed by atoms with Crippen molar-refractivity contribution in [2.24, 2.45) is 0 Å². The van der Waals surface area contributed by atoms with Gasteiger partial charge >= 0.3 is 0 Å². The maximum atomic E-state index is 13.5. The van der Waals surface area contributed by atoms with Crippen LogP contribution in [0.1, 0.15) is 59.5 Å². The van der Waals surface area contributed by atoms with Crippen LogP contribution in [-0.2, 0) is 0 Å². The third kappa shape index (κ3) is 2.93. The van der Waals surface area contributed by atoms with Crippen molar-refractivity contribution in [3.05, 3.63) is 58.9 Å². The van der Waals surface area contributed by atoms with E-state index in [1.54, 1.807) is 19.1 Å². The van der Waals surface area contributed by atoms with Gasteiger partial charge in [-0.2, -0.15) is 10.2 Å². The summed E-state index contributed by atoms with van der Waals surface area (Å²) in [6.45, 7) is 3.16. The van der Waals surface area contributed by atoms with E-state index in [0.29, 0.717) is 35.7 Å². The van der Waals surface area contributed by atoms with Crippen LogP contribution in [0.3, 0.4) is 0 Å². The summed E-state index contributed by atoms with van der Waals surface area (Å²) in [6, 6.07) is 8.76. The molecule has 5 rings (SSSR count). The van der Waals surface area contributed by atoms with Crippen molar-refractivity contribution in [3.63, 3.8) is 0 Å². The van der Waals surface area contributed by atoms with Crippen molar-refractivity contribution in [1.29, 1.82) is 5.26 Å². The summed E-state index contributed by atoms with van der Waals surface area (Å²) in [5.74, 6) is 2.42. The third-order valence-electron chi connectivity index (χ3n) is 5.48. The van der Waals surface area contributed by atoms with Crippen molar-refractivity contribution in [1.82, 2.24) is 15.1 Å². The first-order chi connectivity index (χ1) is 13.6. The van der Waals surface area contributed by atoms with Gasteiger partial charge in [-0.25, -0.2) is 9.37 Å². The van der Waals surface area contributed by atoms with Gasteiger partial charge in [-0.05, 0) is 43.4 Å². The van der Waals surface area contributed by atoms with Crippen molar-refractivity contribution in [2.75, 3.05) is 18.0 Å². The van der Waals surface area contributed by atoms with Crippen molar-refractivity contribution in [3.8, 4) is 6.07 Å². The molecule has 1 aliphatic heterocycles. The van der Waals surface area contributed by atoms with E-state index in [1.807, 2.05) is 11.0 Å². The number of halogens is 1.